The standard InChI is InChI=1S/C25H43N11O11/c26-8-18(40)33-14(10-37)20(42)31-9-19(41)32-13(7-17(27)39)21(43)34-12(3-1-5-30-25(28)29)23(45)36-6-2-4-16(36)22(44)35-15(11-38)24(46)47/h12-16,37-38H,1-11,26H2,(H2,27,39)(H,31,42)(H,32,41)(H,33,40)(H,34,43)(H,35,44)(H,46,47)(H4,28,29,30)/t12-,13-,14-,15-,16-/m0/s1. The first kappa shape index (κ1) is 39.9. The first-order valence-electron chi connectivity index (χ1n) is 14.4. The number of carbonyl (C=O) groups excluding carboxylic acids is 7. The van der Waals surface area contributed by atoms with Gasteiger partial charge >= 0.3 is 5.97 Å². The molecule has 22 nitrogen and oxygen atoms in total. The van der Waals surface area contributed by atoms with Gasteiger partial charge < -0.3 is 69.7 Å². The highest BCUT2D eigenvalue weighted by molar-refractivity contribution is 5.97. The van der Waals surface area contributed by atoms with Crippen molar-refractivity contribution in [2.75, 3.05) is 39.4 Å². The Kier molecular flexibility index (Phi) is 17.1. The maximum Gasteiger partial charge on any atom is 0.328 e. The fraction of sp³-hybridized carbons (Fsp3) is 0.640. The van der Waals surface area contributed by atoms with Gasteiger partial charge in [0, 0.05) is 13.1 Å². The minimum absolute atomic E-state index is 0.0460. The number of hydrogen-bond donors (Lipinski definition) is 12. The van der Waals surface area contributed by atoms with E-state index < -0.39 is 110 Å². The molecule has 0 aromatic heterocycles. The van der Waals surface area contributed by atoms with Crippen LogP contribution in [0.25, 0.3) is 0 Å². The number of nitrogens with one attached hydrogen (secondary N) is 5. The van der Waals surface area contributed by atoms with Crippen molar-refractivity contribution in [3.8, 4) is 0 Å². The van der Waals surface area contributed by atoms with Crippen molar-refractivity contribution >= 4 is 53.3 Å². The van der Waals surface area contributed by atoms with Crippen molar-refractivity contribution in [2.24, 2.45) is 27.9 Å². The van der Waals surface area contributed by atoms with Crippen LogP contribution in [0.1, 0.15) is 32.1 Å². The molecule has 1 saturated heterocycles. The van der Waals surface area contributed by atoms with E-state index in [-0.39, 0.29) is 38.3 Å². The van der Waals surface area contributed by atoms with E-state index in [1.165, 1.54) is 0 Å². The highest BCUT2D eigenvalue weighted by Gasteiger charge is 2.39. The molecule has 0 bridgehead atoms. The van der Waals surface area contributed by atoms with Crippen LogP contribution in [-0.4, -0.2) is 143 Å². The van der Waals surface area contributed by atoms with Gasteiger partial charge in [-0.2, -0.15) is 0 Å². The average molecular weight is 674 g/mol. The molecular formula is C25H43N11O11. The van der Waals surface area contributed by atoms with Crippen LogP contribution in [0.3, 0.4) is 0 Å². The number of nitrogens with two attached hydrogens (primary N) is 4. The Hall–Kier alpha value is -5.09. The summed E-state index contributed by atoms with van der Waals surface area (Å²) in [5, 5.41) is 38.8. The summed E-state index contributed by atoms with van der Waals surface area (Å²) in [4.78, 5) is 104. The third kappa shape index (κ3) is 13.8. The van der Waals surface area contributed by atoms with Gasteiger partial charge in [0.15, 0.2) is 5.96 Å². The van der Waals surface area contributed by atoms with Crippen LogP contribution in [0.5, 0.6) is 0 Å². The Labute approximate surface area is 268 Å². The summed E-state index contributed by atoms with van der Waals surface area (Å²) in [5.41, 5.74) is 21.1. The zero-order valence-corrected chi connectivity index (χ0v) is 25.5. The van der Waals surface area contributed by atoms with E-state index in [2.05, 4.69) is 31.6 Å². The summed E-state index contributed by atoms with van der Waals surface area (Å²) < 4.78 is 0. The molecule has 7 amide bonds. The van der Waals surface area contributed by atoms with E-state index in [0.717, 1.165) is 4.90 Å². The number of amides is 7. The number of aliphatic carboxylic acids is 1. The lowest BCUT2D eigenvalue weighted by Crippen LogP contribution is -2.58. The number of nitrogens with zero attached hydrogens (tertiary/aromatic N) is 2. The van der Waals surface area contributed by atoms with E-state index in [0.29, 0.717) is 6.42 Å². The average Bonchev–Trinajstić information content (AvgIpc) is 3.51. The van der Waals surface area contributed by atoms with Crippen molar-refractivity contribution in [3.05, 3.63) is 0 Å². The van der Waals surface area contributed by atoms with Gasteiger partial charge in [0.2, 0.25) is 41.4 Å². The maximum atomic E-state index is 13.6. The Morgan fingerprint density at radius 2 is 1.47 bits per heavy atom. The van der Waals surface area contributed by atoms with Crippen LogP contribution in [0.15, 0.2) is 4.99 Å². The molecule has 264 valence electrons. The highest BCUT2D eigenvalue weighted by Crippen LogP contribution is 2.20. The van der Waals surface area contributed by atoms with E-state index in [4.69, 9.17) is 28.0 Å². The Balaban J connectivity index is 3.10. The summed E-state index contributed by atoms with van der Waals surface area (Å²) in [6.45, 7) is -2.82. The third-order valence-corrected chi connectivity index (χ3v) is 6.70. The molecule has 1 aliphatic heterocycles. The number of rotatable bonds is 20. The monoisotopic (exact) mass is 673 g/mol. The number of carboxylic acids is 1. The molecule has 1 rings (SSSR count). The zero-order chi connectivity index (χ0) is 35.7. The quantitative estimate of drug-likeness (QED) is 0.0324. The fourth-order valence-electron chi connectivity index (χ4n) is 4.38. The van der Waals surface area contributed by atoms with Crippen LogP contribution < -0.4 is 49.5 Å². The molecule has 16 N–H and O–H groups in total. The molecular weight excluding hydrogens is 630 g/mol. The van der Waals surface area contributed by atoms with Gasteiger partial charge in [0.25, 0.3) is 0 Å². The molecule has 22 heteroatoms. The van der Waals surface area contributed by atoms with Gasteiger partial charge in [-0.3, -0.25) is 38.6 Å². The van der Waals surface area contributed by atoms with E-state index in [1.54, 1.807) is 0 Å². The lowest BCUT2D eigenvalue weighted by molar-refractivity contribution is -0.145. The van der Waals surface area contributed by atoms with Gasteiger partial charge in [-0.05, 0) is 25.7 Å². The van der Waals surface area contributed by atoms with Gasteiger partial charge in [-0.1, -0.05) is 0 Å². The van der Waals surface area contributed by atoms with Crippen molar-refractivity contribution in [3.63, 3.8) is 0 Å². The third-order valence-electron chi connectivity index (χ3n) is 6.70. The van der Waals surface area contributed by atoms with Crippen LogP contribution in [0.2, 0.25) is 0 Å². The van der Waals surface area contributed by atoms with Crippen LogP contribution in [0.4, 0.5) is 0 Å². The second kappa shape index (κ2) is 20.1. The zero-order valence-electron chi connectivity index (χ0n) is 25.5. The number of likely N-dealkylation sites (tertiary alicyclic amines) is 1. The molecule has 0 aliphatic carbocycles. The molecule has 5 atom stereocenters. The van der Waals surface area contributed by atoms with Crippen molar-refractivity contribution < 1.29 is 53.7 Å². The number of aliphatic hydroxyl groups is 2. The summed E-state index contributed by atoms with van der Waals surface area (Å²) in [5.74, 6) is -8.03. The van der Waals surface area contributed by atoms with Crippen molar-refractivity contribution in [1.29, 1.82) is 0 Å². The predicted molar refractivity (Wildman–Crippen MR) is 160 cm³/mol. The van der Waals surface area contributed by atoms with E-state index >= 15 is 0 Å². The topological polar surface area (TPSA) is 377 Å². The number of aliphatic hydroxyl groups excluding tert-OH is 2. The van der Waals surface area contributed by atoms with E-state index in [9.17, 15) is 48.6 Å². The molecule has 0 unspecified atom stereocenters. The normalized spacial score (nSPS) is 16.4. The number of hydrogen-bond acceptors (Lipinski definition) is 12. The maximum absolute atomic E-state index is 13.6. The molecule has 0 radical (unpaired) electrons. The molecule has 1 aliphatic rings. The minimum atomic E-state index is -1.63. The summed E-state index contributed by atoms with van der Waals surface area (Å²) in [6, 6.07) is -7.15. The van der Waals surface area contributed by atoms with Gasteiger partial charge in [-0.25, -0.2) is 4.79 Å². The predicted octanol–water partition coefficient (Wildman–Crippen LogP) is -8.01. The van der Waals surface area contributed by atoms with Gasteiger partial charge in [0.05, 0.1) is 32.7 Å². The second-order valence-electron chi connectivity index (χ2n) is 10.3. The summed E-state index contributed by atoms with van der Waals surface area (Å²) in [6.07, 6.45) is -0.141. The molecule has 0 aromatic rings. The lowest BCUT2D eigenvalue weighted by atomic mass is 10.1. The van der Waals surface area contributed by atoms with Gasteiger partial charge in [-0.15, -0.1) is 0 Å². The number of guanidine groups is 1. The largest absolute Gasteiger partial charge is 0.480 e. The molecule has 47 heavy (non-hydrogen) atoms. The number of aliphatic imine (C=N–C) groups is 1. The first-order chi connectivity index (χ1) is 22.1. The smallest absolute Gasteiger partial charge is 0.328 e. The molecule has 1 heterocycles. The number of primary amides is 1. The number of carboxylic acid groups (broad SMARTS) is 1. The Morgan fingerprint density at radius 1 is 0.830 bits per heavy atom. The number of carbonyl (C=O) groups is 8. The van der Waals surface area contributed by atoms with Crippen molar-refractivity contribution in [2.45, 2.75) is 62.3 Å². The summed E-state index contributed by atoms with van der Waals surface area (Å²) >= 11 is 0. The Bertz CT molecular complexity index is 1200. The second-order valence-corrected chi connectivity index (χ2v) is 10.3. The minimum Gasteiger partial charge on any atom is -0.480 e. The SMILES string of the molecule is NCC(=O)N[C@@H](CO)C(=O)NCC(=O)N[C@@H](CC(N)=O)C(=O)N[C@@H](CCCN=C(N)N)C(=O)N1CCC[C@H]1C(=O)N[C@@H](CO)C(=O)O. The molecule has 0 saturated carbocycles. The van der Waals surface area contributed by atoms with Gasteiger partial charge in [0.1, 0.15) is 30.2 Å². The fourth-order valence-corrected chi connectivity index (χ4v) is 4.38. The first-order valence-corrected chi connectivity index (χ1v) is 14.4. The van der Waals surface area contributed by atoms with Crippen LogP contribution in [-0.2, 0) is 38.4 Å². The lowest BCUT2D eigenvalue weighted by Gasteiger charge is -2.30. The van der Waals surface area contributed by atoms with Crippen molar-refractivity contribution in [1.82, 2.24) is 31.5 Å². The van der Waals surface area contributed by atoms with E-state index in [1.807, 2.05) is 0 Å². The van der Waals surface area contributed by atoms with Crippen LogP contribution in [0, 0.1) is 0 Å². The highest BCUT2D eigenvalue weighted by atomic mass is 16.4. The summed E-state index contributed by atoms with van der Waals surface area (Å²) in [7, 11) is 0. The Morgan fingerprint density at radius 3 is 2.02 bits per heavy atom. The van der Waals surface area contributed by atoms with Crippen LogP contribution >= 0.6 is 0 Å². The molecule has 0 aromatic carbocycles. The molecule has 1 fully saturated rings. The molecule has 0 spiro atoms.